The van der Waals surface area contributed by atoms with Gasteiger partial charge in [-0.1, -0.05) is 43.1 Å². The zero-order chi connectivity index (χ0) is 14.9. The quantitative estimate of drug-likeness (QED) is 0.909. The zero-order valence-electron chi connectivity index (χ0n) is 11.2. The van der Waals surface area contributed by atoms with E-state index in [0.717, 1.165) is 0 Å². The van der Waals surface area contributed by atoms with Crippen molar-refractivity contribution >= 4 is 29.2 Å². The molecule has 6 heteroatoms. The summed E-state index contributed by atoms with van der Waals surface area (Å²) in [4.78, 5) is 11.4. The number of hydrogen-bond acceptors (Lipinski definition) is 3. The van der Waals surface area contributed by atoms with Gasteiger partial charge < -0.3 is 14.6 Å². The maximum absolute atomic E-state index is 11.4. The molecule has 1 aliphatic rings. The lowest BCUT2D eigenvalue weighted by molar-refractivity contribution is -0.186. The minimum Gasteiger partial charge on any atom is -0.479 e. The molecule has 1 saturated heterocycles. The van der Waals surface area contributed by atoms with Gasteiger partial charge in [-0.3, -0.25) is 0 Å². The van der Waals surface area contributed by atoms with E-state index < -0.39 is 24.0 Å². The number of carbonyl (C=O) groups is 1. The molecule has 110 valence electrons. The molecule has 1 aromatic rings. The third-order valence-corrected chi connectivity index (χ3v) is 4.11. The van der Waals surface area contributed by atoms with Crippen LogP contribution in [-0.2, 0) is 14.3 Å². The molecule has 1 aliphatic heterocycles. The van der Waals surface area contributed by atoms with Crippen LogP contribution in [0.2, 0.25) is 10.0 Å². The maximum Gasteiger partial charge on any atom is 0.336 e. The molecular formula is C14H16Cl2O4. The van der Waals surface area contributed by atoms with E-state index in [2.05, 4.69) is 0 Å². The molecule has 1 aromatic carbocycles. The molecule has 0 bridgehead atoms. The molecule has 20 heavy (non-hydrogen) atoms. The number of hydrogen-bond donors (Lipinski definition) is 1. The summed E-state index contributed by atoms with van der Waals surface area (Å²) < 4.78 is 11.5. The van der Waals surface area contributed by atoms with E-state index in [0.29, 0.717) is 28.5 Å². The van der Waals surface area contributed by atoms with Gasteiger partial charge in [0.15, 0.2) is 11.9 Å². The van der Waals surface area contributed by atoms with Crippen molar-refractivity contribution in [3.05, 3.63) is 33.8 Å². The largest absolute Gasteiger partial charge is 0.479 e. The molecule has 4 nitrogen and oxygen atoms in total. The van der Waals surface area contributed by atoms with Crippen LogP contribution in [0, 0.1) is 0 Å². The van der Waals surface area contributed by atoms with Crippen molar-refractivity contribution in [2.45, 2.75) is 44.7 Å². The SMILES string of the molecule is CCC1(CC)OC(C(=O)O)C(c2ccc(Cl)cc2Cl)O1. The molecule has 0 radical (unpaired) electrons. The molecule has 0 amide bonds. The highest BCUT2D eigenvalue weighted by molar-refractivity contribution is 6.35. The molecule has 0 aliphatic carbocycles. The number of benzene rings is 1. The average Bonchev–Trinajstić information content (AvgIpc) is 2.79. The lowest BCUT2D eigenvalue weighted by Gasteiger charge is -2.25. The van der Waals surface area contributed by atoms with Gasteiger partial charge in [-0.05, 0) is 25.0 Å². The van der Waals surface area contributed by atoms with E-state index in [-0.39, 0.29) is 0 Å². The highest BCUT2D eigenvalue weighted by Crippen LogP contribution is 2.44. The molecule has 2 unspecified atom stereocenters. The minimum atomic E-state index is -1.08. The summed E-state index contributed by atoms with van der Waals surface area (Å²) in [6, 6.07) is 4.90. The van der Waals surface area contributed by atoms with Gasteiger partial charge in [0.05, 0.1) is 0 Å². The van der Waals surface area contributed by atoms with Crippen LogP contribution in [0.1, 0.15) is 38.4 Å². The first-order valence-electron chi connectivity index (χ1n) is 6.46. The highest BCUT2D eigenvalue weighted by atomic mass is 35.5. The van der Waals surface area contributed by atoms with Crippen LogP contribution in [0.4, 0.5) is 0 Å². The van der Waals surface area contributed by atoms with Crippen LogP contribution in [0.3, 0.4) is 0 Å². The summed E-state index contributed by atoms with van der Waals surface area (Å²) in [5.74, 6) is -1.94. The first-order chi connectivity index (χ1) is 9.42. The highest BCUT2D eigenvalue weighted by Gasteiger charge is 2.49. The van der Waals surface area contributed by atoms with Crippen molar-refractivity contribution in [1.29, 1.82) is 0 Å². The van der Waals surface area contributed by atoms with E-state index in [1.165, 1.54) is 0 Å². The van der Waals surface area contributed by atoms with Crippen molar-refractivity contribution in [3.8, 4) is 0 Å². The Bertz CT molecular complexity index is 514. The van der Waals surface area contributed by atoms with Gasteiger partial charge in [-0.2, -0.15) is 0 Å². The van der Waals surface area contributed by atoms with Gasteiger partial charge in [0.1, 0.15) is 6.10 Å². The summed E-state index contributed by atoms with van der Waals surface area (Å²) in [7, 11) is 0. The molecule has 1 fully saturated rings. The predicted octanol–water partition coefficient (Wildman–Crippen LogP) is 4.05. The summed E-state index contributed by atoms with van der Waals surface area (Å²) in [6.07, 6.45) is -0.685. The van der Waals surface area contributed by atoms with E-state index in [4.69, 9.17) is 32.7 Å². The molecule has 1 heterocycles. The van der Waals surface area contributed by atoms with Crippen LogP contribution >= 0.6 is 23.2 Å². The Balaban J connectivity index is 2.40. The lowest BCUT2D eigenvalue weighted by atomic mass is 10.0. The fourth-order valence-electron chi connectivity index (χ4n) is 2.34. The van der Waals surface area contributed by atoms with Crippen LogP contribution in [0.5, 0.6) is 0 Å². The van der Waals surface area contributed by atoms with Crippen LogP contribution < -0.4 is 0 Å². The lowest BCUT2D eigenvalue weighted by Crippen LogP contribution is -2.31. The molecule has 1 N–H and O–H groups in total. The monoisotopic (exact) mass is 318 g/mol. The van der Waals surface area contributed by atoms with Crippen molar-refractivity contribution in [3.63, 3.8) is 0 Å². The fourth-order valence-corrected chi connectivity index (χ4v) is 2.85. The van der Waals surface area contributed by atoms with Crippen molar-refractivity contribution in [2.75, 3.05) is 0 Å². The summed E-state index contributed by atoms with van der Waals surface area (Å²) >= 11 is 12.0. The van der Waals surface area contributed by atoms with E-state index in [1.807, 2.05) is 13.8 Å². The Labute approximate surface area is 127 Å². The van der Waals surface area contributed by atoms with Crippen LogP contribution in [0.25, 0.3) is 0 Å². The van der Waals surface area contributed by atoms with Gasteiger partial charge in [0.25, 0.3) is 0 Å². The summed E-state index contributed by atoms with van der Waals surface area (Å²) in [6.45, 7) is 3.79. The second kappa shape index (κ2) is 5.90. The van der Waals surface area contributed by atoms with Crippen molar-refractivity contribution in [2.24, 2.45) is 0 Å². The number of carboxylic acids is 1. The van der Waals surface area contributed by atoms with E-state index in [9.17, 15) is 9.90 Å². The van der Waals surface area contributed by atoms with Gasteiger partial charge in [-0.25, -0.2) is 4.79 Å². The normalized spacial score (nSPS) is 24.8. The van der Waals surface area contributed by atoms with Crippen LogP contribution in [-0.4, -0.2) is 23.0 Å². The van der Waals surface area contributed by atoms with Gasteiger partial charge >= 0.3 is 5.97 Å². The molecular weight excluding hydrogens is 303 g/mol. The summed E-state index contributed by atoms with van der Waals surface area (Å²) in [5, 5.41) is 10.2. The Morgan fingerprint density at radius 2 is 1.95 bits per heavy atom. The first kappa shape index (κ1) is 15.6. The number of carboxylic acid groups (broad SMARTS) is 1. The Morgan fingerprint density at radius 3 is 2.45 bits per heavy atom. The molecule has 2 atom stereocenters. The predicted molar refractivity (Wildman–Crippen MR) is 76.1 cm³/mol. The van der Waals surface area contributed by atoms with Crippen LogP contribution in [0.15, 0.2) is 18.2 Å². The Morgan fingerprint density at radius 1 is 1.30 bits per heavy atom. The third-order valence-electron chi connectivity index (χ3n) is 3.55. The second-order valence-corrected chi connectivity index (χ2v) is 5.54. The van der Waals surface area contributed by atoms with E-state index in [1.54, 1.807) is 18.2 Å². The number of ether oxygens (including phenoxy) is 2. The van der Waals surface area contributed by atoms with Gasteiger partial charge in [0, 0.05) is 15.6 Å². The third kappa shape index (κ3) is 2.79. The van der Waals surface area contributed by atoms with Gasteiger partial charge in [0.2, 0.25) is 0 Å². The molecule has 2 rings (SSSR count). The smallest absolute Gasteiger partial charge is 0.336 e. The minimum absolute atomic E-state index is 0.375. The van der Waals surface area contributed by atoms with Crippen molar-refractivity contribution in [1.82, 2.24) is 0 Å². The summed E-state index contributed by atoms with van der Waals surface area (Å²) in [5.41, 5.74) is 0.576. The number of halogens is 2. The Hall–Kier alpha value is -0.810. The molecule has 0 aromatic heterocycles. The second-order valence-electron chi connectivity index (χ2n) is 4.70. The molecule has 0 saturated carbocycles. The van der Waals surface area contributed by atoms with Crippen molar-refractivity contribution < 1.29 is 19.4 Å². The molecule has 0 spiro atoms. The average molecular weight is 319 g/mol. The topological polar surface area (TPSA) is 55.8 Å². The number of rotatable bonds is 4. The van der Waals surface area contributed by atoms with Gasteiger partial charge in [-0.15, -0.1) is 0 Å². The first-order valence-corrected chi connectivity index (χ1v) is 7.21. The maximum atomic E-state index is 11.4. The van der Waals surface area contributed by atoms with E-state index >= 15 is 0 Å². The standard InChI is InChI=1S/C14H16Cl2O4/c1-3-14(4-2)19-11(12(20-14)13(17)18)9-6-5-8(15)7-10(9)16/h5-7,11-12H,3-4H2,1-2H3,(H,17,18). The fraction of sp³-hybridized carbons (Fsp3) is 0.500. The zero-order valence-corrected chi connectivity index (χ0v) is 12.7. The Kier molecular flexibility index (Phi) is 4.59. The number of aliphatic carboxylic acids is 1.